The number of halogens is 3. The third-order valence-corrected chi connectivity index (χ3v) is 9.22. The van der Waals surface area contributed by atoms with Crippen LogP contribution in [0.2, 0.25) is 10.0 Å². The van der Waals surface area contributed by atoms with Gasteiger partial charge in [-0.05, 0) is 65.4 Å². The largest absolute Gasteiger partial charge is 0.493 e. The van der Waals surface area contributed by atoms with Crippen molar-refractivity contribution in [3.63, 3.8) is 0 Å². The Morgan fingerprint density at radius 2 is 1.49 bits per heavy atom. The van der Waals surface area contributed by atoms with E-state index in [4.69, 9.17) is 37.8 Å². The molecule has 0 aromatic heterocycles. The molecule has 2 heterocycles. The molecule has 0 aliphatic carbocycles. The van der Waals surface area contributed by atoms with Gasteiger partial charge in [0.25, 0.3) is 5.91 Å². The van der Waals surface area contributed by atoms with Crippen LogP contribution in [0.15, 0.2) is 71.7 Å². The molecule has 3 amide bonds. The van der Waals surface area contributed by atoms with Crippen molar-refractivity contribution in [3.8, 4) is 5.75 Å². The third kappa shape index (κ3) is 9.07. The highest BCUT2D eigenvalue weighted by atomic mass is 35.5. The second kappa shape index (κ2) is 17.1. The van der Waals surface area contributed by atoms with Crippen molar-refractivity contribution in [2.24, 2.45) is 4.99 Å². The minimum Gasteiger partial charge on any atom is -0.493 e. The lowest BCUT2D eigenvalue weighted by atomic mass is 9.86. The molecule has 2 atom stereocenters. The maximum atomic E-state index is 14.8. The van der Waals surface area contributed by atoms with Gasteiger partial charge in [-0.3, -0.25) is 24.4 Å². The van der Waals surface area contributed by atoms with Gasteiger partial charge in [-0.2, -0.15) is 0 Å². The van der Waals surface area contributed by atoms with E-state index >= 15 is 0 Å². The van der Waals surface area contributed by atoms with Crippen LogP contribution in [-0.2, 0) is 15.0 Å². The SMILES string of the molecule is C.CCOc1cc(C(C)(C)C)ccc1C1=N[C@@H](c2ccc(Cl)cc2)[C@@H](c2ccc(Cl)cc2)N1C(=O)N1CCN(CC(=O)N(C)OC)CC1.Cl. The fourth-order valence-electron chi connectivity index (χ4n) is 5.95. The van der Waals surface area contributed by atoms with Crippen molar-refractivity contribution in [3.05, 3.63) is 99.0 Å². The van der Waals surface area contributed by atoms with Gasteiger partial charge in [0.05, 0.1) is 31.9 Å². The molecule has 0 radical (unpaired) electrons. The molecule has 5 rings (SSSR count). The van der Waals surface area contributed by atoms with Crippen LogP contribution in [0, 0.1) is 0 Å². The fraction of sp³-hybridized carbons (Fsp3) is 0.432. The maximum absolute atomic E-state index is 14.8. The van der Waals surface area contributed by atoms with Crippen LogP contribution in [0.4, 0.5) is 4.79 Å². The Hall–Kier alpha value is -3.34. The molecule has 3 aromatic carbocycles. The number of hydroxylamine groups is 2. The minimum absolute atomic E-state index is 0. The first-order valence-corrected chi connectivity index (χ1v) is 16.6. The molecule has 1 fully saturated rings. The Balaban J connectivity index is 0.00000325. The number of amides is 3. The summed E-state index contributed by atoms with van der Waals surface area (Å²) in [4.78, 5) is 43.3. The van der Waals surface area contributed by atoms with E-state index in [-0.39, 0.29) is 43.7 Å². The van der Waals surface area contributed by atoms with E-state index in [9.17, 15) is 9.59 Å². The summed E-state index contributed by atoms with van der Waals surface area (Å²) in [6.07, 6.45) is 0. The van der Waals surface area contributed by atoms with Gasteiger partial charge in [0.1, 0.15) is 17.6 Å². The predicted molar refractivity (Wildman–Crippen MR) is 200 cm³/mol. The van der Waals surface area contributed by atoms with Gasteiger partial charge in [-0.1, -0.05) is 81.7 Å². The molecule has 0 unspecified atom stereocenters. The van der Waals surface area contributed by atoms with E-state index in [0.29, 0.717) is 54.4 Å². The Morgan fingerprint density at radius 1 is 0.918 bits per heavy atom. The number of amidine groups is 1. The molecule has 0 spiro atoms. The van der Waals surface area contributed by atoms with E-state index in [1.807, 2.05) is 76.2 Å². The smallest absolute Gasteiger partial charge is 0.326 e. The summed E-state index contributed by atoms with van der Waals surface area (Å²) in [6, 6.07) is 20.3. The third-order valence-electron chi connectivity index (χ3n) is 8.71. The zero-order valence-corrected chi connectivity index (χ0v) is 30.6. The van der Waals surface area contributed by atoms with Crippen LogP contribution >= 0.6 is 35.6 Å². The molecular weight excluding hydrogens is 685 g/mol. The summed E-state index contributed by atoms with van der Waals surface area (Å²) in [5, 5.41) is 2.45. The highest BCUT2D eigenvalue weighted by Gasteiger charge is 2.45. The Labute approximate surface area is 307 Å². The summed E-state index contributed by atoms with van der Waals surface area (Å²) >= 11 is 12.6. The molecule has 49 heavy (non-hydrogen) atoms. The molecular formula is C37H48Cl3N5O4. The van der Waals surface area contributed by atoms with Crippen molar-refractivity contribution >= 4 is 53.4 Å². The van der Waals surface area contributed by atoms with Crippen molar-refractivity contribution in [1.82, 2.24) is 19.8 Å². The lowest BCUT2D eigenvalue weighted by Gasteiger charge is -2.39. The van der Waals surface area contributed by atoms with E-state index in [2.05, 4.69) is 32.9 Å². The molecule has 12 heteroatoms. The number of urea groups is 1. The molecule has 0 bridgehead atoms. The lowest BCUT2D eigenvalue weighted by molar-refractivity contribution is -0.170. The standard InChI is InChI=1S/C36H43Cl2N5O4.CH4.ClH/c1-7-47-30-22-26(36(2,3)4)12-17-29(30)34-39-32(24-8-13-27(37)14-9-24)33(25-10-15-28(38)16-11-25)43(34)35(45)42-20-18-41(19-21-42)23-31(44)40(5)46-6;;/h8-17,22,32-33H,7,18-21,23H2,1-6H3;1H4;1H/t32-,33+;;/m0../s1. The lowest BCUT2D eigenvalue weighted by Crippen LogP contribution is -2.55. The van der Waals surface area contributed by atoms with E-state index in [1.165, 1.54) is 12.2 Å². The number of carbonyl (C=O) groups is 2. The number of rotatable bonds is 8. The molecule has 3 aromatic rings. The average molecular weight is 733 g/mol. The molecule has 2 aliphatic rings. The normalized spacial score (nSPS) is 17.9. The van der Waals surface area contributed by atoms with Gasteiger partial charge >= 0.3 is 6.03 Å². The summed E-state index contributed by atoms with van der Waals surface area (Å²) in [7, 11) is 3.06. The minimum atomic E-state index is -0.470. The number of carbonyl (C=O) groups excluding carboxylic acids is 2. The molecule has 9 nitrogen and oxygen atoms in total. The van der Waals surface area contributed by atoms with Crippen LogP contribution in [0.25, 0.3) is 0 Å². The molecule has 266 valence electrons. The van der Waals surface area contributed by atoms with Crippen molar-refractivity contribution in [2.45, 2.75) is 52.6 Å². The number of nitrogens with zero attached hydrogens (tertiary/aromatic N) is 5. The quantitative estimate of drug-likeness (QED) is 0.219. The van der Waals surface area contributed by atoms with Gasteiger partial charge in [-0.25, -0.2) is 9.86 Å². The fourth-order valence-corrected chi connectivity index (χ4v) is 6.20. The summed E-state index contributed by atoms with van der Waals surface area (Å²) in [5.41, 5.74) is 3.59. The second-order valence-corrected chi connectivity index (χ2v) is 13.7. The van der Waals surface area contributed by atoms with E-state index in [1.54, 1.807) is 7.05 Å². The highest BCUT2D eigenvalue weighted by Crippen LogP contribution is 2.46. The highest BCUT2D eigenvalue weighted by molar-refractivity contribution is 6.30. The first kappa shape index (κ1) is 40.1. The molecule has 2 aliphatic heterocycles. The Morgan fingerprint density at radius 3 is 2.02 bits per heavy atom. The van der Waals surface area contributed by atoms with Gasteiger partial charge in [0, 0.05) is 43.3 Å². The van der Waals surface area contributed by atoms with E-state index < -0.39 is 12.1 Å². The Bertz CT molecular complexity index is 1600. The van der Waals surface area contributed by atoms with E-state index in [0.717, 1.165) is 22.3 Å². The number of hydrogen-bond donors (Lipinski definition) is 0. The van der Waals surface area contributed by atoms with Crippen molar-refractivity contribution in [1.29, 1.82) is 0 Å². The monoisotopic (exact) mass is 731 g/mol. The predicted octanol–water partition coefficient (Wildman–Crippen LogP) is 8.05. The van der Waals surface area contributed by atoms with Gasteiger partial charge in [0.15, 0.2) is 0 Å². The average Bonchev–Trinajstić information content (AvgIpc) is 3.45. The molecule has 0 N–H and O–H groups in total. The molecule has 1 saturated heterocycles. The maximum Gasteiger partial charge on any atom is 0.326 e. The van der Waals surface area contributed by atoms with Crippen LogP contribution in [0.5, 0.6) is 5.75 Å². The zero-order valence-electron chi connectivity index (χ0n) is 28.3. The number of likely N-dealkylation sites (N-methyl/N-ethyl adjacent to an activating group) is 1. The van der Waals surface area contributed by atoms with Crippen molar-refractivity contribution in [2.75, 3.05) is 53.5 Å². The van der Waals surface area contributed by atoms with Crippen molar-refractivity contribution < 1.29 is 19.2 Å². The molecule has 0 saturated carbocycles. The topological polar surface area (TPSA) is 77.9 Å². The summed E-state index contributed by atoms with van der Waals surface area (Å²) < 4.78 is 6.23. The summed E-state index contributed by atoms with van der Waals surface area (Å²) in [5.74, 6) is 1.07. The second-order valence-electron chi connectivity index (χ2n) is 12.8. The van der Waals surface area contributed by atoms with Crippen LogP contribution in [0.1, 0.15) is 69.5 Å². The first-order chi connectivity index (χ1) is 22.4. The Kier molecular flexibility index (Phi) is 14.0. The van der Waals surface area contributed by atoms with Crippen LogP contribution < -0.4 is 4.74 Å². The van der Waals surface area contributed by atoms with Crippen LogP contribution in [0.3, 0.4) is 0 Å². The number of aliphatic imine (C=N–C) groups is 1. The zero-order chi connectivity index (χ0) is 33.9. The van der Waals surface area contributed by atoms with Gasteiger partial charge in [0.2, 0.25) is 0 Å². The van der Waals surface area contributed by atoms with Gasteiger partial charge in [-0.15, -0.1) is 12.4 Å². The van der Waals surface area contributed by atoms with Crippen LogP contribution in [-0.4, -0.2) is 91.0 Å². The number of hydrogen-bond acceptors (Lipinski definition) is 6. The van der Waals surface area contributed by atoms with Gasteiger partial charge < -0.3 is 9.64 Å². The number of piperazine rings is 1. The number of benzene rings is 3. The number of ether oxygens (including phenoxy) is 1. The first-order valence-electron chi connectivity index (χ1n) is 15.9. The summed E-state index contributed by atoms with van der Waals surface area (Å²) in [6.45, 7) is 11.1.